The normalized spacial score (nSPS) is 14.6. The van der Waals surface area contributed by atoms with E-state index in [9.17, 15) is 6.48 Å². The molecule has 6 aromatic carbocycles. The number of para-hydroxylation sites is 1. The Morgan fingerprint density at radius 2 is 1.38 bits per heavy atom. The van der Waals surface area contributed by atoms with Gasteiger partial charge < -0.3 is 5.11 Å². The third-order valence-corrected chi connectivity index (χ3v) is 11.5. The van der Waals surface area contributed by atoms with Gasteiger partial charge in [0.1, 0.15) is 11.6 Å². The molecule has 8 aromatic rings. The number of benzene rings is 6. The van der Waals surface area contributed by atoms with Crippen LogP contribution in [0.5, 0.6) is 5.75 Å². The molecule has 0 unspecified atom stereocenters. The van der Waals surface area contributed by atoms with Crippen LogP contribution in [-0.2, 0) is 43.7 Å². The van der Waals surface area contributed by atoms with Gasteiger partial charge in [-0.15, -0.1) is 29.3 Å². The summed E-state index contributed by atoms with van der Waals surface area (Å²) in [5.41, 5.74) is 7.40. The summed E-state index contributed by atoms with van der Waals surface area (Å²) in [5.74, 6) is 1.01. The van der Waals surface area contributed by atoms with Gasteiger partial charge in [0, 0.05) is 48.3 Å². The van der Waals surface area contributed by atoms with Gasteiger partial charge in [-0.05, 0) is 99.1 Å². The first-order valence-corrected chi connectivity index (χ1v) is 21.7. The number of fused-ring (bicyclic) bond motifs is 1. The standard InChI is InChI=1S/C59H62N3O.Pt/c1-37(2)29-42-33-47(25-26-48(42)40-17-14-13-15-18-40)62-53-20-16-19-49(54(53)61-56(62)50-35-46(58(7,8)9)36-51(55(50)63)59(10,11)12)43-30-44(32-45(31-43)57(4,5)6)52-34-41(27-28-60-52)39-23-21-38(3)22-24-39;/h13-28,31-37,63H,29H2,1-12H3;/q-1;/i3D3,21D,22D,23D,24D,27D,28D,34D;. The summed E-state index contributed by atoms with van der Waals surface area (Å²) in [6, 6.07) is 30.0. The van der Waals surface area contributed by atoms with Crippen molar-refractivity contribution in [3.63, 3.8) is 0 Å². The fraction of sp³-hybridized carbons (Fsp3) is 0.288. The van der Waals surface area contributed by atoms with E-state index in [2.05, 4.69) is 107 Å². The van der Waals surface area contributed by atoms with Gasteiger partial charge in [-0.2, -0.15) is 0 Å². The van der Waals surface area contributed by atoms with Crippen molar-refractivity contribution in [1.82, 2.24) is 14.5 Å². The van der Waals surface area contributed by atoms with Crippen molar-refractivity contribution in [2.45, 2.75) is 106 Å². The molecule has 2 aromatic heterocycles. The van der Waals surface area contributed by atoms with Crippen LogP contribution >= 0.6 is 0 Å². The molecule has 2 heterocycles. The smallest absolute Gasteiger partial charge is 0.148 e. The number of rotatable bonds is 8. The van der Waals surface area contributed by atoms with E-state index in [4.69, 9.17) is 17.3 Å². The number of aromatic hydroxyl groups is 1. The molecule has 0 aliphatic rings. The fourth-order valence-electron chi connectivity index (χ4n) is 8.08. The number of hydrogen-bond donors (Lipinski definition) is 1. The molecule has 1 N–H and O–H groups in total. The molecule has 5 heteroatoms. The molecule has 330 valence electrons. The third-order valence-electron chi connectivity index (χ3n) is 11.5. The first-order valence-electron chi connectivity index (χ1n) is 26.7. The quantitative estimate of drug-likeness (QED) is 0.154. The van der Waals surface area contributed by atoms with Crippen LogP contribution in [-0.4, -0.2) is 19.6 Å². The Labute approximate surface area is 410 Å². The molecule has 0 spiro atoms. The van der Waals surface area contributed by atoms with Gasteiger partial charge in [0.25, 0.3) is 0 Å². The number of nitrogens with zero attached hydrogens (tertiary/aromatic N) is 3. The van der Waals surface area contributed by atoms with Crippen molar-refractivity contribution in [2.24, 2.45) is 5.92 Å². The average Bonchev–Trinajstić information content (AvgIpc) is 3.69. The van der Waals surface area contributed by atoms with Crippen LogP contribution in [0.2, 0.25) is 0 Å². The Kier molecular flexibility index (Phi) is 9.66. The maximum atomic E-state index is 12.5. The summed E-state index contributed by atoms with van der Waals surface area (Å²) >= 11 is 0. The molecule has 64 heavy (non-hydrogen) atoms. The molecule has 0 aliphatic heterocycles. The van der Waals surface area contributed by atoms with Crippen LogP contribution in [0.1, 0.15) is 118 Å². The maximum Gasteiger partial charge on any atom is 0.148 e. The summed E-state index contributed by atoms with van der Waals surface area (Å²) in [6.45, 7) is 20.3. The molecule has 0 fully saturated rings. The van der Waals surface area contributed by atoms with Crippen molar-refractivity contribution in [2.75, 3.05) is 0 Å². The first-order chi connectivity index (χ1) is 33.9. The number of phenolic OH excluding ortho intramolecular Hbond substituents is 1. The minimum Gasteiger partial charge on any atom is -0.507 e. The second-order valence-electron chi connectivity index (χ2n) is 20.1. The van der Waals surface area contributed by atoms with Crippen molar-refractivity contribution in [3.05, 3.63) is 167 Å². The first kappa shape index (κ1) is 34.8. The van der Waals surface area contributed by atoms with Gasteiger partial charge in [-0.3, -0.25) is 9.55 Å². The Bertz CT molecular complexity index is 3460. The van der Waals surface area contributed by atoms with E-state index in [1.54, 1.807) is 0 Å². The molecule has 0 bridgehead atoms. The molecule has 0 saturated heterocycles. The Morgan fingerprint density at radius 1 is 0.688 bits per heavy atom. The zero-order chi connectivity index (χ0) is 53.6. The molecule has 8 rings (SSSR count). The molecule has 0 atom stereocenters. The Hall–Kier alpha value is -5.57. The van der Waals surface area contributed by atoms with Crippen LogP contribution in [0.15, 0.2) is 133 Å². The molecule has 0 aliphatic carbocycles. The second-order valence-corrected chi connectivity index (χ2v) is 20.1. The largest absolute Gasteiger partial charge is 0.507 e. The zero-order valence-electron chi connectivity index (χ0n) is 48.5. The SMILES string of the molecule is [2H]c1nc(-c2[c-]c(-c3cccc4c3nc(-c3cc(C(C)(C)C)cc(C(C)(C)C)c3O)n4-c3ccc(-c4ccccc4)c(CC(C)C)c3)cc(C(C)(C)C)c2)c([2H])c(-c2c([2H])c([2H])c(C([2H])([2H])[2H])c([2H])c2[2H])c1[2H].[Pt]. The Balaban J connectivity index is 0.00000800. The van der Waals surface area contributed by atoms with Crippen LogP contribution in [0.4, 0.5) is 0 Å². The van der Waals surface area contributed by atoms with Crippen LogP contribution in [0.3, 0.4) is 0 Å². The van der Waals surface area contributed by atoms with E-state index in [1.165, 1.54) is 0 Å². The number of hydrogen-bond acceptors (Lipinski definition) is 3. The third kappa shape index (κ3) is 9.45. The number of phenols is 1. The number of imidazole rings is 1. The number of aromatic nitrogens is 3. The van der Waals surface area contributed by atoms with Gasteiger partial charge >= 0.3 is 0 Å². The summed E-state index contributed by atoms with van der Waals surface area (Å²) in [5, 5.41) is 12.5. The molecular formula is C59H62N3OPt-. The summed E-state index contributed by atoms with van der Waals surface area (Å²) in [6.07, 6.45) is 0.228. The molecule has 0 saturated carbocycles. The topological polar surface area (TPSA) is 50.9 Å². The fourth-order valence-corrected chi connectivity index (χ4v) is 8.08. The molecular weight excluding hydrogens is 962 g/mol. The molecule has 4 nitrogen and oxygen atoms in total. The summed E-state index contributed by atoms with van der Waals surface area (Å²) < 4.78 is 88.3. The van der Waals surface area contributed by atoms with E-state index in [-0.39, 0.29) is 49.1 Å². The van der Waals surface area contributed by atoms with E-state index < -0.39 is 71.2 Å². The predicted octanol–water partition coefficient (Wildman–Crippen LogP) is 15.7. The van der Waals surface area contributed by atoms with E-state index in [0.717, 1.165) is 51.0 Å². The zero-order valence-corrected chi connectivity index (χ0v) is 40.8. The summed E-state index contributed by atoms with van der Waals surface area (Å²) in [4.78, 5) is 9.96. The predicted molar refractivity (Wildman–Crippen MR) is 266 cm³/mol. The van der Waals surface area contributed by atoms with Gasteiger partial charge in [0.05, 0.1) is 26.2 Å². The van der Waals surface area contributed by atoms with Crippen LogP contribution in [0, 0.1) is 18.8 Å². The maximum absolute atomic E-state index is 12.5. The van der Waals surface area contributed by atoms with E-state index in [0.29, 0.717) is 33.9 Å². The van der Waals surface area contributed by atoms with Gasteiger partial charge in [-0.25, -0.2) is 4.98 Å². The monoisotopic (exact) mass is 1030 g/mol. The average molecular weight is 1030 g/mol. The minimum atomic E-state index is -2.97. The van der Waals surface area contributed by atoms with Gasteiger partial charge in [-0.1, -0.05) is 178 Å². The van der Waals surface area contributed by atoms with Crippen molar-refractivity contribution < 1.29 is 39.9 Å². The van der Waals surface area contributed by atoms with Crippen LogP contribution in [0.25, 0.3) is 72.7 Å². The summed E-state index contributed by atoms with van der Waals surface area (Å²) in [7, 11) is 0. The van der Waals surface area contributed by atoms with Gasteiger partial charge in [0.15, 0.2) is 0 Å². The second kappa shape index (κ2) is 17.8. The van der Waals surface area contributed by atoms with Crippen molar-refractivity contribution in [3.8, 4) is 67.5 Å². The van der Waals surface area contributed by atoms with E-state index >= 15 is 0 Å². The van der Waals surface area contributed by atoms with Crippen molar-refractivity contribution in [1.29, 1.82) is 0 Å². The minimum absolute atomic E-state index is 0. The van der Waals surface area contributed by atoms with Crippen molar-refractivity contribution >= 4 is 11.0 Å². The van der Waals surface area contributed by atoms with Gasteiger partial charge in [0.2, 0.25) is 0 Å². The molecule has 0 radical (unpaired) electrons. The van der Waals surface area contributed by atoms with Crippen LogP contribution < -0.4 is 0 Å². The Morgan fingerprint density at radius 3 is 2.03 bits per heavy atom. The number of pyridine rings is 1. The van der Waals surface area contributed by atoms with E-state index in [1.807, 2.05) is 75.4 Å². The molecule has 0 amide bonds.